The number of halogens is 2. The maximum Gasteiger partial charge on any atom is 0.187 e. The lowest BCUT2D eigenvalue weighted by Crippen LogP contribution is -1.99. The molecule has 0 radical (unpaired) electrons. The van der Waals surface area contributed by atoms with Gasteiger partial charge in [-0.2, -0.15) is 0 Å². The standard InChI is InChI=1S/C18H14F2N4OS/c1-10-17(24-6-4-3-5-15(24)21-10)14-9-26-18(22-14)23-16-12(19)7-11(25-2)8-13(16)20/h3-9H,1-2H3,(H,22,23). The number of methoxy groups -OCH3 is 1. The number of rotatable bonds is 4. The highest BCUT2D eigenvalue weighted by atomic mass is 32.1. The number of fused-ring (bicyclic) bond motifs is 1. The summed E-state index contributed by atoms with van der Waals surface area (Å²) in [6.07, 6.45) is 1.90. The van der Waals surface area contributed by atoms with Crippen LogP contribution in [0.4, 0.5) is 19.6 Å². The summed E-state index contributed by atoms with van der Waals surface area (Å²) in [6.45, 7) is 1.90. The van der Waals surface area contributed by atoms with E-state index in [1.807, 2.05) is 41.1 Å². The average molecular weight is 372 g/mol. The molecule has 0 bridgehead atoms. The molecule has 0 fully saturated rings. The van der Waals surface area contributed by atoms with Crippen molar-refractivity contribution in [3.63, 3.8) is 0 Å². The Labute approximate surface area is 151 Å². The van der Waals surface area contributed by atoms with E-state index >= 15 is 0 Å². The molecule has 0 atom stereocenters. The maximum absolute atomic E-state index is 14.1. The second kappa shape index (κ2) is 6.38. The largest absolute Gasteiger partial charge is 0.497 e. The second-order valence-corrected chi connectivity index (χ2v) is 6.46. The summed E-state index contributed by atoms with van der Waals surface area (Å²) in [5, 5.41) is 4.92. The Morgan fingerprint density at radius 3 is 2.65 bits per heavy atom. The number of anilines is 2. The van der Waals surface area contributed by atoms with Crippen LogP contribution in [0.2, 0.25) is 0 Å². The zero-order chi connectivity index (χ0) is 18.3. The Hall–Kier alpha value is -3.00. The molecule has 4 aromatic rings. The molecule has 1 aromatic carbocycles. The Balaban J connectivity index is 1.70. The van der Waals surface area contributed by atoms with Gasteiger partial charge in [-0.3, -0.25) is 4.40 Å². The van der Waals surface area contributed by atoms with Gasteiger partial charge in [0.25, 0.3) is 0 Å². The van der Waals surface area contributed by atoms with Crippen molar-refractivity contribution < 1.29 is 13.5 Å². The predicted molar refractivity (Wildman–Crippen MR) is 97.2 cm³/mol. The van der Waals surface area contributed by atoms with Crippen LogP contribution in [0.3, 0.4) is 0 Å². The SMILES string of the molecule is COc1cc(F)c(Nc2nc(-c3c(C)nc4ccccn34)cs2)c(F)c1. The topological polar surface area (TPSA) is 51.5 Å². The van der Waals surface area contributed by atoms with Gasteiger partial charge < -0.3 is 10.1 Å². The van der Waals surface area contributed by atoms with Crippen molar-refractivity contribution in [1.82, 2.24) is 14.4 Å². The molecule has 26 heavy (non-hydrogen) atoms. The van der Waals surface area contributed by atoms with Gasteiger partial charge in [-0.25, -0.2) is 18.7 Å². The number of pyridine rings is 1. The molecule has 0 aliphatic rings. The third-order valence-electron chi connectivity index (χ3n) is 3.93. The number of aryl methyl sites for hydroxylation is 1. The third-order valence-corrected chi connectivity index (χ3v) is 4.69. The molecule has 0 saturated heterocycles. The van der Waals surface area contributed by atoms with Crippen LogP contribution in [0, 0.1) is 18.6 Å². The van der Waals surface area contributed by atoms with Gasteiger partial charge in [0.15, 0.2) is 16.8 Å². The molecule has 4 rings (SSSR count). The van der Waals surface area contributed by atoms with Crippen LogP contribution in [-0.2, 0) is 0 Å². The number of nitrogens with one attached hydrogen (secondary N) is 1. The van der Waals surface area contributed by atoms with E-state index < -0.39 is 11.6 Å². The normalized spacial score (nSPS) is 11.1. The number of imidazole rings is 1. The summed E-state index contributed by atoms with van der Waals surface area (Å²) in [6, 6.07) is 7.97. The van der Waals surface area contributed by atoms with Crippen LogP contribution in [0.5, 0.6) is 5.75 Å². The van der Waals surface area contributed by atoms with Crippen molar-refractivity contribution in [1.29, 1.82) is 0 Å². The van der Waals surface area contributed by atoms with Crippen LogP contribution < -0.4 is 10.1 Å². The molecule has 8 heteroatoms. The lowest BCUT2D eigenvalue weighted by Gasteiger charge is -2.08. The van der Waals surface area contributed by atoms with Gasteiger partial charge in [-0.15, -0.1) is 11.3 Å². The van der Waals surface area contributed by atoms with Gasteiger partial charge in [0.05, 0.1) is 18.5 Å². The molecule has 0 aliphatic carbocycles. The Morgan fingerprint density at radius 2 is 1.92 bits per heavy atom. The van der Waals surface area contributed by atoms with Gasteiger partial charge >= 0.3 is 0 Å². The highest BCUT2D eigenvalue weighted by molar-refractivity contribution is 7.14. The minimum absolute atomic E-state index is 0.117. The lowest BCUT2D eigenvalue weighted by atomic mass is 10.2. The number of hydrogen-bond acceptors (Lipinski definition) is 5. The summed E-state index contributed by atoms with van der Waals surface area (Å²) in [5.41, 5.74) is 2.91. The fourth-order valence-corrected chi connectivity index (χ4v) is 3.46. The molecule has 1 N–H and O–H groups in total. The second-order valence-electron chi connectivity index (χ2n) is 5.60. The summed E-state index contributed by atoms with van der Waals surface area (Å²) in [7, 11) is 1.35. The van der Waals surface area contributed by atoms with Crippen LogP contribution in [0.15, 0.2) is 41.9 Å². The molecule has 5 nitrogen and oxygen atoms in total. The van der Waals surface area contributed by atoms with Gasteiger partial charge in [-0.05, 0) is 19.1 Å². The minimum atomic E-state index is -0.746. The van der Waals surface area contributed by atoms with E-state index in [0.717, 1.165) is 29.2 Å². The van der Waals surface area contributed by atoms with Gasteiger partial charge in [0.1, 0.15) is 22.8 Å². The monoisotopic (exact) mass is 372 g/mol. The molecule has 3 aromatic heterocycles. The van der Waals surface area contributed by atoms with E-state index in [4.69, 9.17) is 4.74 Å². The predicted octanol–water partition coefficient (Wildman–Crippen LogP) is 4.80. The first-order valence-electron chi connectivity index (χ1n) is 7.76. The zero-order valence-corrected chi connectivity index (χ0v) is 14.8. The number of hydrogen-bond donors (Lipinski definition) is 1. The fraction of sp³-hybridized carbons (Fsp3) is 0.111. The first kappa shape index (κ1) is 16.5. The van der Waals surface area contributed by atoms with E-state index in [-0.39, 0.29) is 11.4 Å². The van der Waals surface area contributed by atoms with E-state index in [0.29, 0.717) is 10.8 Å². The Morgan fingerprint density at radius 1 is 1.15 bits per heavy atom. The quantitative estimate of drug-likeness (QED) is 0.559. The maximum atomic E-state index is 14.1. The van der Waals surface area contributed by atoms with Gasteiger partial charge in [0, 0.05) is 23.7 Å². The smallest absolute Gasteiger partial charge is 0.187 e. The molecule has 0 spiro atoms. The van der Waals surface area contributed by atoms with Crippen LogP contribution >= 0.6 is 11.3 Å². The molecule has 0 unspecified atom stereocenters. The molecule has 0 saturated carbocycles. The fourth-order valence-electron chi connectivity index (χ4n) is 2.76. The van der Waals surface area contributed by atoms with Gasteiger partial charge in [0.2, 0.25) is 0 Å². The van der Waals surface area contributed by atoms with E-state index in [1.54, 1.807) is 0 Å². The Kier molecular flexibility index (Phi) is 4.04. The van der Waals surface area contributed by atoms with Gasteiger partial charge in [-0.1, -0.05) is 6.07 Å². The summed E-state index contributed by atoms with van der Waals surface area (Å²) >= 11 is 1.26. The summed E-state index contributed by atoms with van der Waals surface area (Å²) < 4.78 is 35.0. The van der Waals surface area contributed by atoms with Crippen molar-refractivity contribution in [2.24, 2.45) is 0 Å². The van der Waals surface area contributed by atoms with E-state index in [1.165, 1.54) is 18.4 Å². The molecule has 0 amide bonds. The minimum Gasteiger partial charge on any atom is -0.497 e. The third kappa shape index (κ3) is 2.78. The Bertz CT molecular complexity index is 1080. The molecular weight excluding hydrogens is 358 g/mol. The molecular formula is C18H14F2N4OS. The number of aromatic nitrogens is 3. The first-order valence-corrected chi connectivity index (χ1v) is 8.64. The highest BCUT2D eigenvalue weighted by Crippen LogP contribution is 2.32. The van der Waals surface area contributed by atoms with Crippen molar-refractivity contribution in [2.75, 3.05) is 12.4 Å². The number of nitrogens with zero attached hydrogens (tertiary/aromatic N) is 3. The molecule has 0 aliphatic heterocycles. The van der Waals surface area contributed by atoms with Crippen molar-refractivity contribution >= 4 is 27.8 Å². The summed E-state index contributed by atoms with van der Waals surface area (Å²) in [5.74, 6) is -1.37. The van der Waals surface area contributed by atoms with E-state index in [2.05, 4.69) is 15.3 Å². The zero-order valence-electron chi connectivity index (χ0n) is 14.0. The number of benzene rings is 1. The van der Waals surface area contributed by atoms with E-state index in [9.17, 15) is 8.78 Å². The van der Waals surface area contributed by atoms with Crippen LogP contribution in [0.1, 0.15) is 5.69 Å². The molecule has 132 valence electrons. The van der Waals surface area contributed by atoms with Crippen molar-refractivity contribution in [3.05, 3.63) is 59.2 Å². The average Bonchev–Trinajstić information content (AvgIpc) is 3.20. The van der Waals surface area contributed by atoms with Crippen LogP contribution in [0.25, 0.3) is 17.0 Å². The summed E-state index contributed by atoms with van der Waals surface area (Å²) in [4.78, 5) is 8.97. The lowest BCUT2D eigenvalue weighted by molar-refractivity contribution is 0.407. The first-order chi connectivity index (χ1) is 12.6. The molecule has 3 heterocycles. The number of ether oxygens (including phenoxy) is 1. The number of thiazole rings is 1. The van der Waals surface area contributed by atoms with Crippen molar-refractivity contribution in [2.45, 2.75) is 6.92 Å². The van der Waals surface area contributed by atoms with Crippen LogP contribution in [-0.4, -0.2) is 21.5 Å². The van der Waals surface area contributed by atoms with Crippen molar-refractivity contribution in [3.8, 4) is 17.1 Å². The highest BCUT2D eigenvalue weighted by Gasteiger charge is 2.16.